The molecule has 1 heterocycles. The van der Waals surface area contributed by atoms with Gasteiger partial charge in [-0.2, -0.15) is 0 Å². The van der Waals surface area contributed by atoms with Crippen molar-refractivity contribution in [3.8, 4) is 0 Å². The highest BCUT2D eigenvalue weighted by Gasteiger charge is 2.35. The molecular weight excluding hydrogens is 222 g/mol. The van der Waals surface area contributed by atoms with Gasteiger partial charge in [0.2, 0.25) is 0 Å². The van der Waals surface area contributed by atoms with Gasteiger partial charge in [0.15, 0.2) is 0 Å². The van der Waals surface area contributed by atoms with Crippen molar-refractivity contribution in [3.63, 3.8) is 0 Å². The Balaban J connectivity index is 1.84. The van der Waals surface area contributed by atoms with Crippen molar-refractivity contribution in [1.29, 1.82) is 0 Å². The molecule has 0 saturated carbocycles. The van der Waals surface area contributed by atoms with Crippen LogP contribution < -0.4 is 0 Å². The summed E-state index contributed by atoms with van der Waals surface area (Å²) in [6.07, 6.45) is 2.98. The molecule has 1 saturated heterocycles. The molecule has 0 amide bonds. The third-order valence-electron chi connectivity index (χ3n) is 3.85. The largest absolute Gasteiger partial charge is 0.389 e. The van der Waals surface area contributed by atoms with E-state index in [1.54, 1.807) is 0 Å². The topological polar surface area (TPSA) is 23.5 Å². The summed E-state index contributed by atoms with van der Waals surface area (Å²) in [6, 6.07) is 10.5. The normalized spacial score (nSPS) is 24.9. The molecular formula is C16H25NO. The Labute approximate surface area is 111 Å². The lowest BCUT2D eigenvalue weighted by Gasteiger charge is -2.24. The molecule has 1 aromatic rings. The van der Waals surface area contributed by atoms with E-state index in [1.165, 1.54) is 5.56 Å². The predicted octanol–water partition coefficient (Wildman–Crippen LogP) is 3.06. The SMILES string of the molecule is CC(C)CCC1(O)CCN(Cc2ccccc2)C1. The molecule has 1 aliphatic rings. The third-order valence-corrected chi connectivity index (χ3v) is 3.85. The number of β-amino-alcohol motifs (C(OH)–C–C–N with tert-alkyl or cyclic N) is 1. The number of rotatable bonds is 5. The van der Waals surface area contributed by atoms with Crippen LogP contribution in [0.1, 0.15) is 38.7 Å². The van der Waals surface area contributed by atoms with E-state index in [0.717, 1.165) is 38.9 Å². The van der Waals surface area contributed by atoms with Gasteiger partial charge in [0.1, 0.15) is 0 Å². The fraction of sp³-hybridized carbons (Fsp3) is 0.625. The monoisotopic (exact) mass is 247 g/mol. The van der Waals surface area contributed by atoms with Crippen LogP contribution in [0, 0.1) is 5.92 Å². The molecule has 1 aliphatic heterocycles. The van der Waals surface area contributed by atoms with Crippen molar-refractivity contribution in [2.45, 2.75) is 45.3 Å². The van der Waals surface area contributed by atoms with Gasteiger partial charge in [-0.15, -0.1) is 0 Å². The molecule has 1 N–H and O–H groups in total. The van der Waals surface area contributed by atoms with E-state index in [0.29, 0.717) is 5.92 Å². The lowest BCUT2D eigenvalue weighted by atomic mass is 9.93. The standard InChI is InChI=1S/C16H25NO/c1-14(2)8-9-16(18)10-11-17(13-16)12-15-6-4-3-5-7-15/h3-7,14,18H,8-13H2,1-2H3. The zero-order valence-electron chi connectivity index (χ0n) is 11.6. The van der Waals surface area contributed by atoms with Gasteiger partial charge in [0.05, 0.1) is 5.60 Å². The first-order chi connectivity index (χ1) is 8.57. The summed E-state index contributed by atoms with van der Waals surface area (Å²) >= 11 is 0. The number of benzene rings is 1. The van der Waals surface area contributed by atoms with Gasteiger partial charge in [-0.1, -0.05) is 44.2 Å². The van der Waals surface area contributed by atoms with E-state index < -0.39 is 5.60 Å². The summed E-state index contributed by atoms with van der Waals surface area (Å²) in [5, 5.41) is 10.5. The maximum absolute atomic E-state index is 10.5. The number of nitrogens with zero attached hydrogens (tertiary/aromatic N) is 1. The Bertz CT molecular complexity index is 363. The molecule has 0 spiro atoms. The first-order valence-corrected chi connectivity index (χ1v) is 7.06. The molecule has 2 rings (SSSR count). The number of aliphatic hydroxyl groups is 1. The van der Waals surface area contributed by atoms with Crippen LogP contribution in [-0.4, -0.2) is 28.7 Å². The molecule has 1 aromatic carbocycles. The minimum Gasteiger partial charge on any atom is -0.389 e. The molecule has 0 aromatic heterocycles. The fourth-order valence-corrected chi connectivity index (χ4v) is 2.68. The van der Waals surface area contributed by atoms with Crippen molar-refractivity contribution in [2.24, 2.45) is 5.92 Å². The van der Waals surface area contributed by atoms with Crippen LogP contribution in [0.2, 0.25) is 0 Å². The predicted molar refractivity (Wildman–Crippen MR) is 75.4 cm³/mol. The Hall–Kier alpha value is -0.860. The van der Waals surface area contributed by atoms with Gasteiger partial charge in [0.25, 0.3) is 0 Å². The molecule has 1 fully saturated rings. The fourth-order valence-electron chi connectivity index (χ4n) is 2.68. The van der Waals surface area contributed by atoms with Gasteiger partial charge in [-0.25, -0.2) is 0 Å². The van der Waals surface area contributed by atoms with Crippen LogP contribution in [0.3, 0.4) is 0 Å². The molecule has 2 nitrogen and oxygen atoms in total. The van der Waals surface area contributed by atoms with Crippen molar-refractivity contribution in [2.75, 3.05) is 13.1 Å². The van der Waals surface area contributed by atoms with Crippen LogP contribution in [0.25, 0.3) is 0 Å². The van der Waals surface area contributed by atoms with Crippen molar-refractivity contribution < 1.29 is 5.11 Å². The second kappa shape index (κ2) is 5.85. The van der Waals surface area contributed by atoms with Crippen molar-refractivity contribution >= 4 is 0 Å². The molecule has 1 unspecified atom stereocenters. The van der Waals surface area contributed by atoms with Crippen LogP contribution in [0.4, 0.5) is 0 Å². The van der Waals surface area contributed by atoms with E-state index in [-0.39, 0.29) is 0 Å². The average Bonchev–Trinajstić information content (AvgIpc) is 2.71. The lowest BCUT2D eigenvalue weighted by Crippen LogP contribution is -2.33. The summed E-state index contributed by atoms with van der Waals surface area (Å²) in [5.41, 5.74) is 0.893. The van der Waals surface area contributed by atoms with Gasteiger partial charge < -0.3 is 5.11 Å². The lowest BCUT2D eigenvalue weighted by molar-refractivity contribution is 0.0347. The Morgan fingerprint density at radius 1 is 1.28 bits per heavy atom. The van der Waals surface area contributed by atoms with Crippen molar-refractivity contribution in [3.05, 3.63) is 35.9 Å². The number of likely N-dealkylation sites (tertiary alicyclic amines) is 1. The number of hydrogen-bond donors (Lipinski definition) is 1. The minimum absolute atomic E-state index is 0.445. The summed E-state index contributed by atoms with van der Waals surface area (Å²) in [4.78, 5) is 2.37. The van der Waals surface area contributed by atoms with E-state index in [4.69, 9.17) is 0 Å². The van der Waals surface area contributed by atoms with E-state index >= 15 is 0 Å². The maximum atomic E-state index is 10.5. The summed E-state index contributed by atoms with van der Waals surface area (Å²) in [7, 11) is 0. The maximum Gasteiger partial charge on any atom is 0.0786 e. The van der Waals surface area contributed by atoms with Crippen molar-refractivity contribution in [1.82, 2.24) is 4.90 Å². The van der Waals surface area contributed by atoms with Crippen LogP contribution in [0.5, 0.6) is 0 Å². The molecule has 100 valence electrons. The zero-order valence-corrected chi connectivity index (χ0v) is 11.6. The molecule has 18 heavy (non-hydrogen) atoms. The Kier molecular flexibility index (Phi) is 4.41. The van der Waals surface area contributed by atoms with Crippen LogP contribution in [0.15, 0.2) is 30.3 Å². The van der Waals surface area contributed by atoms with Gasteiger partial charge in [0, 0.05) is 19.6 Å². The quantitative estimate of drug-likeness (QED) is 0.864. The van der Waals surface area contributed by atoms with E-state index in [9.17, 15) is 5.11 Å². The van der Waals surface area contributed by atoms with Crippen LogP contribution in [-0.2, 0) is 6.54 Å². The highest BCUT2D eigenvalue weighted by molar-refractivity contribution is 5.14. The number of hydrogen-bond acceptors (Lipinski definition) is 2. The first-order valence-electron chi connectivity index (χ1n) is 7.06. The van der Waals surface area contributed by atoms with Crippen LogP contribution >= 0.6 is 0 Å². The second-order valence-electron chi connectivity index (χ2n) is 6.10. The van der Waals surface area contributed by atoms with Gasteiger partial charge >= 0.3 is 0 Å². The highest BCUT2D eigenvalue weighted by Crippen LogP contribution is 2.28. The van der Waals surface area contributed by atoms with E-state index in [1.807, 2.05) is 6.07 Å². The van der Waals surface area contributed by atoms with Gasteiger partial charge in [-0.05, 0) is 30.7 Å². The zero-order chi connectivity index (χ0) is 13.0. The van der Waals surface area contributed by atoms with Gasteiger partial charge in [-0.3, -0.25) is 4.90 Å². The molecule has 1 atom stereocenters. The minimum atomic E-state index is -0.445. The molecule has 2 heteroatoms. The third kappa shape index (κ3) is 3.82. The smallest absolute Gasteiger partial charge is 0.0786 e. The average molecular weight is 247 g/mol. The Morgan fingerprint density at radius 3 is 2.67 bits per heavy atom. The Morgan fingerprint density at radius 2 is 2.00 bits per heavy atom. The summed E-state index contributed by atoms with van der Waals surface area (Å²) < 4.78 is 0. The summed E-state index contributed by atoms with van der Waals surface area (Å²) in [6.45, 7) is 7.25. The molecule has 0 radical (unpaired) electrons. The highest BCUT2D eigenvalue weighted by atomic mass is 16.3. The first kappa shape index (κ1) is 13.6. The molecule has 0 aliphatic carbocycles. The molecule has 0 bridgehead atoms. The van der Waals surface area contributed by atoms with E-state index in [2.05, 4.69) is 43.0 Å². The second-order valence-corrected chi connectivity index (χ2v) is 6.10. The summed E-state index contributed by atoms with van der Waals surface area (Å²) in [5.74, 6) is 0.678.